The minimum absolute atomic E-state index is 0.186. The first-order valence-electron chi connectivity index (χ1n) is 7.52. The molecule has 1 radical (unpaired) electrons. The number of hydrogen-bond donors (Lipinski definition) is 0. The molecule has 3 aromatic rings. The minimum Gasteiger partial charge on any atom is -0.231 e. The SMILES string of the molecule is [O]Cc1c(Br)ccc2ccc3c4c(ccc3c12)CCCC4. The van der Waals surface area contributed by atoms with Crippen molar-refractivity contribution in [2.24, 2.45) is 0 Å². The molecule has 105 valence electrons. The summed E-state index contributed by atoms with van der Waals surface area (Å²) < 4.78 is 0.926. The van der Waals surface area contributed by atoms with Crippen molar-refractivity contribution in [3.05, 3.63) is 57.6 Å². The fourth-order valence-corrected chi connectivity index (χ4v) is 4.12. The van der Waals surface area contributed by atoms with Gasteiger partial charge in [0.2, 0.25) is 0 Å². The van der Waals surface area contributed by atoms with Crippen molar-refractivity contribution in [3.63, 3.8) is 0 Å². The van der Waals surface area contributed by atoms with Crippen LogP contribution in [0, 0.1) is 0 Å². The average Bonchev–Trinajstić information content (AvgIpc) is 2.54. The second kappa shape index (κ2) is 5.11. The molecule has 0 unspecified atom stereocenters. The molecule has 0 N–H and O–H groups in total. The summed E-state index contributed by atoms with van der Waals surface area (Å²) in [5, 5.41) is 16.5. The highest BCUT2D eigenvalue weighted by Gasteiger charge is 2.15. The van der Waals surface area contributed by atoms with Gasteiger partial charge in [0.05, 0.1) is 0 Å². The number of hydrogen-bond acceptors (Lipinski definition) is 0. The molecule has 0 heterocycles. The number of benzene rings is 3. The predicted molar refractivity (Wildman–Crippen MR) is 90.2 cm³/mol. The summed E-state index contributed by atoms with van der Waals surface area (Å²) >= 11 is 3.54. The van der Waals surface area contributed by atoms with E-state index in [1.807, 2.05) is 6.07 Å². The summed E-state index contributed by atoms with van der Waals surface area (Å²) in [6, 6.07) is 13.0. The Bertz CT molecular complexity index is 851. The van der Waals surface area contributed by atoms with Gasteiger partial charge in [-0.05, 0) is 64.4 Å². The molecule has 3 aromatic carbocycles. The molecule has 1 nitrogen and oxygen atoms in total. The van der Waals surface area contributed by atoms with Crippen LogP contribution in [0.15, 0.2) is 40.9 Å². The lowest BCUT2D eigenvalue weighted by molar-refractivity contribution is 0.178. The van der Waals surface area contributed by atoms with Gasteiger partial charge in [0.15, 0.2) is 0 Å². The minimum atomic E-state index is -0.186. The van der Waals surface area contributed by atoms with Crippen molar-refractivity contribution in [1.82, 2.24) is 0 Å². The lowest BCUT2D eigenvalue weighted by Crippen LogP contribution is -2.03. The van der Waals surface area contributed by atoms with E-state index in [0.717, 1.165) is 20.8 Å². The normalized spacial score (nSPS) is 14.6. The van der Waals surface area contributed by atoms with Crippen LogP contribution in [0.25, 0.3) is 21.5 Å². The van der Waals surface area contributed by atoms with Crippen molar-refractivity contribution in [2.45, 2.75) is 32.3 Å². The molecule has 2 heteroatoms. The zero-order valence-electron chi connectivity index (χ0n) is 11.8. The second-order valence-electron chi connectivity index (χ2n) is 5.84. The summed E-state index contributed by atoms with van der Waals surface area (Å²) in [6.07, 6.45) is 4.93. The van der Waals surface area contributed by atoms with Crippen LogP contribution in [0.4, 0.5) is 0 Å². The van der Waals surface area contributed by atoms with E-state index >= 15 is 0 Å². The average molecular weight is 340 g/mol. The van der Waals surface area contributed by atoms with Crippen LogP contribution in [0.3, 0.4) is 0 Å². The maximum Gasteiger partial charge on any atom is 0.109 e. The van der Waals surface area contributed by atoms with Crippen LogP contribution < -0.4 is 0 Å². The lowest BCUT2D eigenvalue weighted by atomic mass is 9.86. The van der Waals surface area contributed by atoms with Gasteiger partial charge in [-0.25, -0.2) is 5.11 Å². The molecule has 0 saturated carbocycles. The Morgan fingerprint density at radius 2 is 1.67 bits per heavy atom. The monoisotopic (exact) mass is 339 g/mol. The quantitative estimate of drug-likeness (QED) is 0.517. The van der Waals surface area contributed by atoms with E-state index in [9.17, 15) is 5.11 Å². The van der Waals surface area contributed by atoms with E-state index in [1.165, 1.54) is 47.6 Å². The van der Waals surface area contributed by atoms with Crippen LogP contribution >= 0.6 is 15.9 Å². The molecule has 1 aliphatic rings. The highest BCUT2D eigenvalue weighted by Crippen LogP contribution is 2.36. The van der Waals surface area contributed by atoms with Gasteiger partial charge in [-0.1, -0.05) is 46.3 Å². The van der Waals surface area contributed by atoms with Crippen molar-refractivity contribution >= 4 is 37.5 Å². The Kier molecular flexibility index (Phi) is 3.24. The molecule has 0 fully saturated rings. The summed E-state index contributed by atoms with van der Waals surface area (Å²) in [5.74, 6) is 0. The third kappa shape index (κ3) is 2.01. The van der Waals surface area contributed by atoms with Crippen molar-refractivity contribution < 1.29 is 5.11 Å². The van der Waals surface area contributed by atoms with E-state index in [4.69, 9.17) is 0 Å². The number of aryl methyl sites for hydroxylation is 2. The topological polar surface area (TPSA) is 19.9 Å². The van der Waals surface area contributed by atoms with Gasteiger partial charge in [0.25, 0.3) is 0 Å². The molecule has 1 aliphatic carbocycles. The van der Waals surface area contributed by atoms with E-state index < -0.39 is 0 Å². The van der Waals surface area contributed by atoms with Gasteiger partial charge in [-0.3, -0.25) is 0 Å². The molecular weight excluding hydrogens is 324 g/mol. The van der Waals surface area contributed by atoms with Gasteiger partial charge in [-0.2, -0.15) is 0 Å². The first-order valence-corrected chi connectivity index (χ1v) is 8.31. The van der Waals surface area contributed by atoms with Crippen molar-refractivity contribution in [1.29, 1.82) is 0 Å². The molecule has 0 saturated heterocycles. The molecule has 0 amide bonds. The third-order valence-electron chi connectivity index (χ3n) is 4.71. The van der Waals surface area contributed by atoms with E-state index in [-0.39, 0.29) is 6.61 Å². The Hall–Kier alpha value is -1.38. The van der Waals surface area contributed by atoms with E-state index in [1.54, 1.807) is 0 Å². The fourth-order valence-electron chi connectivity index (χ4n) is 3.68. The van der Waals surface area contributed by atoms with E-state index in [2.05, 4.69) is 46.3 Å². The molecular formula is C19H16BrO. The van der Waals surface area contributed by atoms with Gasteiger partial charge < -0.3 is 0 Å². The van der Waals surface area contributed by atoms with Crippen LogP contribution in [-0.4, -0.2) is 0 Å². The molecule has 0 aromatic heterocycles. The summed E-state index contributed by atoms with van der Waals surface area (Å²) in [4.78, 5) is 0. The molecule has 21 heavy (non-hydrogen) atoms. The Morgan fingerprint density at radius 3 is 2.52 bits per heavy atom. The number of halogens is 1. The molecule has 0 atom stereocenters. The lowest BCUT2D eigenvalue weighted by Gasteiger charge is -2.19. The predicted octanol–water partition coefficient (Wildman–Crippen LogP) is 5.56. The Balaban J connectivity index is 2.16. The summed E-state index contributed by atoms with van der Waals surface area (Å²) in [7, 11) is 0. The molecule has 4 rings (SSSR count). The summed E-state index contributed by atoms with van der Waals surface area (Å²) in [6.45, 7) is -0.186. The van der Waals surface area contributed by atoms with Crippen LogP contribution in [0.2, 0.25) is 0 Å². The zero-order valence-corrected chi connectivity index (χ0v) is 13.4. The highest BCUT2D eigenvalue weighted by atomic mass is 79.9. The standard InChI is InChI=1S/C19H16BrO/c20-18-10-7-13-6-8-15-14-4-2-1-3-12(14)5-9-16(15)19(13)17(18)11-21/h5-10H,1-4,11H2. The number of fused-ring (bicyclic) bond motifs is 5. The van der Waals surface area contributed by atoms with Gasteiger partial charge in [-0.15, -0.1) is 0 Å². The van der Waals surface area contributed by atoms with Gasteiger partial charge in [0, 0.05) is 10.0 Å². The maximum atomic E-state index is 11.7. The van der Waals surface area contributed by atoms with Crippen molar-refractivity contribution in [3.8, 4) is 0 Å². The maximum absolute atomic E-state index is 11.7. The smallest absolute Gasteiger partial charge is 0.109 e. The first-order chi connectivity index (χ1) is 10.3. The largest absolute Gasteiger partial charge is 0.231 e. The molecule has 0 spiro atoms. The highest BCUT2D eigenvalue weighted by molar-refractivity contribution is 9.10. The zero-order chi connectivity index (χ0) is 14.4. The first kappa shape index (κ1) is 13.3. The van der Waals surface area contributed by atoms with Crippen LogP contribution in [-0.2, 0) is 24.6 Å². The fraction of sp³-hybridized carbons (Fsp3) is 0.263. The third-order valence-corrected chi connectivity index (χ3v) is 5.45. The van der Waals surface area contributed by atoms with Crippen LogP contribution in [0.5, 0.6) is 0 Å². The molecule has 0 bridgehead atoms. The molecule has 0 aliphatic heterocycles. The number of rotatable bonds is 1. The van der Waals surface area contributed by atoms with Crippen molar-refractivity contribution in [2.75, 3.05) is 0 Å². The summed E-state index contributed by atoms with van der Waals surface area (Å²) in [5.41, 5.74) is 3.87. The Morgan fingerprint density at radius 1 is 0.905 bits per heavy atom. The second-order valence-corrected chi connectivity index (χ2v) is 6.69. The Labute approximate surface area is 132 Å². The van der Waals surface area contributed by atoms with E-state index in [0.29, 0.717) is 0 Å². The van der Waals surface area contributed by atoms with Gasteiger partial charge >= 0.3 is 0 Å². The van der Waals surface area contributed by atoms with Crippen LogP contribution in [0.1, 0.15) is 29.5 Å². The van der Waals surface area contributed by atoms with Gasteiger partial charge in [0.1, 0.15) is 6.61 Å².